The molecule has 1 aromatic carbocycles. The first-order chi connectivity index (χ1) is 10.7. The Hall–Kier alpha value is -1.40. The van der Waals surface area contributed by atoms with Crippen LogP contribution in [0, 0.1) is 5.41 Å². The van der Waals surface area contributed by atoms with Crippen LogP contribution in [0.4, 0.5) is 0 Å². The Balaban J connectivity index is 2.28. The van der Waals surface area contributed by atoms with Gasteiger partial charge >= 0.3 is 0 Å². The fourth-order valence-corrected chi connectivity index (χ4v) is 2.70. The van der Waals surface area contributed by atoms with Gasteiger partial charge < -0.3 is 15.5 Å². The second-order valence-electron chi connectivity index (χ2n) is 6.84. The minimum Gasteiger partial charge on any atom is -0.355 e. The van der Waals surface area contributed by atoms with Gasteiger partial charge in [0.1, 0.15) is 0 Å². The van der Waals surface area contributed by atoms with E-state index < -0.39 is 0 Å². The van der Waals surface area contributed by atoms with Crippen LogP contribution in [0.5, 0.6) is 0 Å². The highest BCUT2D eigenvalue weighted by Crippen LogP contribution is 2.11. The summed E-state index contributed by atoms with van der Waals surface area (Å²) in [5.41, 5.74) is 0.638. The molecule has 0 atom stereocenters. The van der Waals surface area contributed by atoms with Gasteiger partial charge in [0.05, 0.1) is 20.6 Å². The van der Waals surface area contributed by atoms with Crippen molar-refractivity contribution < 1.29 is 14.5 Å². The minimum absolute atomic E-state index is 0.0389. The van der Waals surface area contributed by atoms with Crippen molar-refractivity contribution in [2.24, 2.45) is 5.41 Å². The number of carbonyl (C=O) groups is 2. The summed E-state index contributed by atoms with van der Waals surface area (Å²) in [6.07, 6.45) is 0.285. The van der Waals surface area contributed by atoms with E-state index in [1.165, 1.54) is 4.90 Å². The average Bonchev–Trinajstić information content (AvgIpc) is 2.44. The van der Waals surface area contributed by atoms with Crippen molar-refractivity contribution in [3.63, 3.8) is 0 Å². The number of rotatable bonds is 8. The monoisotopic (exact) mass is 384 g/mol. The van der Waals surface area contributed by atoms with Gasteiger partial charge in [-0.3, -0.25) is 9.59 Å². The molecule has 0 bridgehead atoms. The highest BCUT2D eigenvalue weighted by molar-refractivity contribution is 9.10. The molecule has 23 heavy (non-hydrogen) atoms. The summed E-state index contributed by atoms with van der Waals surface area (Å²) in [6.45, 7) is 6.22. The maximum atomic E-state index is 11.9. The lowest BCUT2D eigenvalue weighted by molar-refractivity contribution is -0.865. The summed E-state index contributed by atoms with van der Waals surface area (Å²) >= 11 is 3.33. The van der Waals surface area contributed by atoms with Gasteiger partial charge in [-0.1, -0.05) is 29.8 Å². The zero-order valence-corrected chi connectivity index (χ0v) is 15.9. The zero-order valence-electron chi connectivity index (χ0n) is 14.3. The van der Waals surface area contributed by atoms with Crippen LogP contribution in [-0.2, 0) is 4.79 Å². The van der Waals surface area contributed by atoms with Crippen molar-refractivity contribution in [1.82, 2.24) is 10.6 Å². The Morgan fingerprint density at radius 3 is 2.30 bits per heavy atom. The van der Waals surface area contributed by atoms with Gasteiger partial charge in [-0.25, -0.2) is 0 Å². The summed E-state index contributed by atoms with van der Waals surface area (Å²) in [5.74, 6) is -0.204. The van der Waals surface area contributed by atoms with Crippen molar-refractivity contribution >= 4 is 27.7 Å². The van der Waals surface area contributed by atoms with E-state index in [2.05, 4.69) is 54.5 Å². The number of hydrogen-bond donors (Lipinski definition) is 3. The average molecular weight is 385 g/mol. The van der Waals surface area contributed by atoms with Crippen LogP contribution in [0.15, 0.2) is 28.7 Å². The highest BCUT2D eigenvalue weighted by Gasteiger charge is 2.22. The van der Waals surface area contributed by atoms with Crippen molar-refractivity contribution in [3.05, 3.63) is 34.3 Å². The topological polar surface area (TPSA) is 62.6 Å². The Morgan fingerprint density at radius 1 is 1.13 bits per heavy atom. The largest absolute Gasteiger partial charge is 0.355 e. The number of carbonyl (C=O) groups excluding carboxylic acids is 2. The van der Waals surface area contributed by atoms with Crippen molar-refractivity contribution in [2.75, 3.05) is 33.7 Å². The third-order valence-corrected chi connectivity index (χ3v) is 3.87. The fraction of sp³-hybridized carbons (Fsp3) is 0.529. The Labute approximate surface area is 146 Å². The number of nitrogens with one attached hydrogen (secondary N) is 3. The molecule has 0 unspecified atom stereocenters. The Kier molecular flexibility index (Phi) is 7.72. The third kappa shape index (κ3) is 8.13. The quantitative estimate of drug-likeness (QED) is 0.622. The summed E-state index contributed by atoms with van der Waals surface area (Å²) in [4.78, 5) is 25.1. The van der Waals surface area contributed by atoms with Gasteiger partial charge in [-0.05, 0) is 24.3 Å². The predicted molar refractivity (Wildman–Crippen MR) is 95.6 cm³/mol. The number of hydrogen-bond acceptors (Lipinski definition) is 2. The van der Waals surface area contributed by atoms with E-state index in [4.69, 9.17) is 0 Å². The van der Waals surface area contributed by atoms with Crippen molar-refractivity contribution in [3.8, 4) is 0 Å². The van der Waals surface area contributed by atoms with Crippen LogP contribution in [0.1, 0.15) is 30.6 Å². The van der Waals surface area contributed by atoms with E-state index in [9.17, 15) is 9.59 Å². The second-order valence-corrected chi connectivity index (χ2v) is 7.75. The molecule has 0 radical (unpaired) electrons. The molecular formula is C17H27BrN3O2+. The molecule has 0 fully saturated rings. The summed E-state index contributed by atoms with van der Waals surface area (Å²) in [5, 5.41) is 5.70. The summed E-state index contributed by atoms with van der Waals surface area (Å²) in [7, 11) is 4.20. The van der Waals surface area contributed by atoms with Gasteiger partial charge in [0.2, 0.25) is 5.91 Å². The molecule has 0 saturated carbocycles. The smallest absolute Gasteiger partial charge is 0.251 e. The molecule has 0 aliphatic heterocycles. The number of quaternary nitrogens is 1. The van der Waals surface area contributed by atoms with Crippen molar-refractivity contribution in [1.29, 1.82) is 0 Å². The number of benzene rings is 1. The molecule has 1 rings (SSSR count). The molecule has 0 heterocycles. The maximum Gasteiger partial charge on any atom is 0.251 e. The fourth-order valence-electron chi connectivity index (χ4n) is 2.44. The van der Waals surface area contributed by atoms with E-state index in [1.807, 2.05) is 12.1 Å². The van der Waals surface area contributed by atoms with E-state index in [1.54, 1.807) is 12.1 Å². The molecule has 0 saturated heterocycles. The van der Waals surface area contributed by atoms with E-state index in [0.29, 0.717) is 18.7 Å². The van der Waals surface area contributed by atoms with Crippen LogP contribution in [0.2, 0.25) is 0 Å². The van der Waals surface area contributed by atoms with Gasteiger partial charge in [-0.15, -0.1) is 0 Å². The lowest BCUT2D eigenvalue weighted by Crippen LogP contribution is -3.07. The Morgan fingerprint density at radius 2 is 1.74 bits per heavy atom. The molecule has 0 aliphatic rings. The second kappa shape index (κ2) is 9.03. The van der Waals surface area contributed by atoms with Gasteiger partial charge in [0.25, 0.3) is 5.91 Å². The Bertz CT molecular complexity index is 527. The summed E-state index contributed by atoms with van der Waals surface area (Å²) < 4.78 is 0.926. The van der Waals surface area contributed by atoms with E-state index >= 15 is 0 Å². The normalized spacial score (nSPS) is 11.4. The van der Waals surface area contributed by atoms with Crippen LogP contribution in [0.3, 0.4) is 0 Å². The molecule has 128 valence electrons. The standard InChI is InChI=1S/C17H26BrN3O2/c1-17(2,12-21(3)4)11-20-15(22)9-10-19-16(23)13-5-7-14(18)8-6-13/h5-8H,9-12H2,1-4H3,(H,19,23)(H,20,22)/p+1. The van der Waals surface area contributed by atoms with E-state index in [-0.39, 0.29) is 23.7 Å². The first kappa shape index (κ1) is 19.6. The molecule has 1 aromatic rings. The molecule has 0 aromatic heterocycles. The molecule has 5 nitrogen and oxygen atoms in total. The van der Waals surface area contributed by atoms with Gasteiger partial charge in [0, 0.05) is 35.0 Å². The highest BCUT2D eigenvalue weighted by atomic mass is 79.9. The van der Waals surface area contributed by atoms with Crippen molar-refractivity contribution in [2.45, 2.75) is 20.3 Å². The maximum absolute atomic E-state index is 11.9. The predicted octanol–water partition coefficient (Wildman–Crippen LogP) is 0.856. The lowest BCUT2D eigenvalue weighted by atomic mass is 9.93. The SMILES string of the molecule is C[NH+](C)CC(C)(C)CNC(=O)CCNC(=O)c1ccc(Br)cc1. The van der Waals surface area contributed by atoms with Crippen LogP contribution in [-0.4, -0.2) is 45.5 Å². The number of halogens is 1. The molecule has 0 spiro atoms. The number of amides is 2. The van der Waals surface area contributed by atoms with E-state index in [0.717, 1.165) is 11.0 Å². The van der Waals surface area contributed by atoms with Crippen LogP contribution in [0.25, 0.3) is 0 Å². The van der Waals surface area contributed by atoms with Gasteiger partial charge in [0.15, 0.2) is 0 Å². The van der Waals surface area contributed by atoms with Gasteiger partial charge in [-0.2, -0.15) is 0 Å². The third-order valence-electron chi connectivity index (χ3n) is 3.34. The first-order valence-electron chi connectivity index (χ1n) is 7.79. The zero-order chi connectivity index (χ0) is 17.5. The van der Waals surface area contributed by atoms with Crippen LogP contribution >= 0.6 is 15.9 Å². The first-order valence-corrected chi connectivity index (χ1v) is 8.58. The molecular weight excluding hydrogens is 358 g/mol. The molecule has 3 N–H and O–H groups in total. The minimum atomic E-state index is -0.165. The molecule has 0 aliphatic carbocycles. The summed E-state index contributed by atoms with van der Waals surface area (Å²) in [6, 6.07) is 7.12. The molecule has 2 amide bonds. The molecule has 6 heteroatoms. The lowest BCUT2D eigenvalue weighted by Gasteiger charge is -2.26. The van der Waals surface area contributed by atoms with Crippen LogP contribution < -0.4 is 15.5 Å².